The van der Waals surface area contributed by atoms with Crippen LogP contribution in [0.15, 0.2) is 53.5 Å². The van der Waals surface area contributed by atoms with E-state index in [0.29, 0.717) is 5.69 Å². The lowest BCUT2D eigenvalue weighted by Crippen LogP contribution is -2.07. The molecule has 0 radical (unpaired) electrons. The molecular formula is C15H16N2O. The average Bonchev–Trinajstić information content (AvgIpc) is 2.38. The predicted molar refractivity (Wildman–Crippen MR) is 76.1 cm³/mol. The Morgan fingerprint density at radius 3 is 2.39 bits per heavy atom. The number of phenols is 1. The smallest absolute Gasteiger partial charge is 0.143 e. The van der Waals surface area contributed by atoms with Gasteiger partial charge in [-0.25, -0.2) is 0 Å². The van der Waals surface area contributed by atoms with Crippen LogP contribution in [0.4, 0.5) is 11.4 Å². The third-order valence-corrected chi connectivity index (χ3v) is 2.63. The Hall–Kier alpha value is -2.29. The summed E-state index contributed by atoms with van der Waals surface area (Å²) in [4.78, 5) is 6.22. The van der Waals surface area contributed by atoms with E-state index < -0.39 is 0 Å². The number of hydrogen-bond donors (Lipinski definition) is 1. The SMILES string of the molecule is CN(C)c1ccc(N=Cc2ccccc2)c(O)c1. The summed E-state index contributed by atoms with van der Waals surface area (Å²) in [6.45, 7) is 0. The van der Waals surface area contributed by atoms with Crippen LogP contribution in [0.2, 0.25) is 0 Å². The van der Waals surface area contributed by atoms with Crippen molar-refractivity contribution in [1.82, 2.24) is 0 Å². The van der Waals surface area contributed by atoms with E-state index in [1.807, 2.05) is 61.5 Å². The van der Waals surface area contributed by atoms with Gasteiger partial charge in [0.2, 0.25) is 0 Å². The first-order valence-corrected chi connectivity index (χ1v) is 5.76. The van der Waals surface area contributed by atoms with Gasteiger partial charge in [-0.2, -0.15) is 0 Å². The van der Waals surface area contributed by atoms with E-state index in [1.54, 1.807) is 12.3 Å². The lowest BCUT2D eigenvalue weighted by Gasteiger charge is -2.12. The van der Waals surface area contributed by atoms with Crippen molar-refractivity contribution in [2.75, 3.05) is 19.0 Å². The fourth-order valence-corrected chi connectivity index (χ4v) is 1.58. The van der Waals surface area contributed by atoms with Crippen LogP contribution in [0.1, 0.15) is 5.56 Å². The maximum atomic E-state index is 9.88. The Labute approximate surface area is 107 Å². The van der Waals surface area contributed by atoms with Gasteiger partial charge in [-0.3, -0.25) is 4.99 Å². The van der Waals surface area contributed by atoms with Crippen LogP contribution in [0.5, 0.6) is 5.75 Å². The maximum absolute atomic E-state index is 9.88. The lowest BCUT2D eigenvalue weighted by atomic mass is 10.2. The second-order valence-electron chi connectivity index (χ2n) is 4.24. The van der Waals surface area contributed by atoms with Crippen LogP contribution >= 0.6 is 0 Å². The van der Waals surface area contributed by atoms with E-state index in [1.165, 1.54) is 0 Å². The van der Waals surface area contributed by atoms with Crippen molar-refractivity contribution in [3.05, 3.63) is 54.1 Å². The Kier molecular flexibility index (Phi) is 3.63. The van der Waals surface area contributed by atoms with E-state index in [9.17, 15) is 5.11 Å². The standard InChI is InChI=1S/C15H16N2O/c1-17(2)13-8-9-14(15(18)10-13)16-11-12-6-4-3-5-7-12/h3-11,18H,1-2H3. The van der Waals surface area contributed by atoms with Gasteiger partial charge < -0.3 is 10.0 Å². The summed E-state index contributed by atoms with van der Waals surface area (Å²) >= 11 is 0. The van der Waals surface area contributed by atoms with Crippen LogP contribution in [-0.2, 0) is 0 Å². The highest BCUT2D eigenvalue weighted by molar-refractivity contribution is 5.82. The quantitative estimate of drug-likeness (QED) is 0.836. The molecule has 0 aliphatic rings. The molecular weight excluding hydrogens is 224 g/mol. The normalized spacial score (nSPS) is 10.8. The van der Waals surface area contributed by atoms with E-state index in [-0.39, 0.29) is 5.75 Å². The highest BCUT2D eigenvalue weighted by atomic mass is 16.3. The number of anilines is 1. The second kappa shape index (κ2) is 5.36. The third-order valence-electron chi connectivity index (χ3n) is 2.63. The molecule has 0 fully saturated rings. The van der Waals surface area contributed by atoms with Gasteiger partial charge in [0.25, 0.3) is 0 Å². The molecule has 0 aliphatic carbocycles. The molecule has 0 aromatic heterocycles. The van der Waals surface area contributed by atoms with Gasteiger partial charge in [0.05, 0.1) is 0 Å². The highest BCUT2D eigenvalue weighted by Gasteiger charge is 2.02. The summed E-state index contributed by atoms with van der Waals surface area (Å²) in [5, 5.41) is 9.88. The molecule has 0 atom stereocenters. The second-order valence-corrected chi connectivity index (χ2v) is 4.24. The monoisotopic (exact) mass is 240 g/mol. The molecule has 0 spiro atoms. The largest absolute Gasteiger partial charge is 0.506 e. The van der Waals surface area contributed by atoms with Crippen molar-refractivity contribution in [2.45, 2.75) is 0 Å². The maximum Gasteiger partial charge on any atom is 0.143 e. The van der Waals surface area contributed by atoms with E-state index in [4.69, 9.17) is 0 Å². The molecule has 0 saturated heterocycles. The summed E-state index contributed by atoms with van der Waals surface area (Å²) in [6.07, 6.45) is 1.74. The molecule has 1 N–H and O–H groups in total. The van der Waals surface area contributed by atoms with Gasteiger partial charge in [0, 0.05) is 32.1 Å². The van der Waals surface area contributed by atoms with Gasteiger partial charge in [-0.15, -0.1) is 0 Å². The zero-order valence-electron chi connectivity index (χ0n) is 10.5. The van der Waals surface area contributed by atoms with E-state index in [2.05, 4.69) is 4.99 Å². The molecule has 0 saturated carbocycles. The first kappa shape index (κ1) is 12.2. The van der Waals surface area contributed by atoms with Gasteiger partial charge in [0.1, 0.15) is 11.4 Å². The van der Waals surface area contributed by atoms with Gasteiger partial charge in [-0.1, -0.05) is 30.3 Å². The predicted octanol–water partition coefficient (Wildman–Crippen LogP) is 3.21. The third kappa shape index (κ3) is 2.88. The van der Waals surface area contributed by atoms with Crippen molar-refractivity contribution in [3.63, 3.8) is 0 Å². The molecule has 0 bridgehead atoms. The zero-order chi connectivity index (χ0) is 13.0. The Bertz CT molecular complexity index is 548. The minimum Gasteiger partial charge on any atom is -0.506 e. The topological polar surface area (TPSA) is 35.8 Å². The van der Waals surface area contributed by atoms with Crippen LogP contribution in [0.3, 0.4) is 0 Å². The molecule has 92 valence electrons. The fraction of sp³-hybridized carbons (Fsp3) is 0.133. The molecule has 0 heterocycles. The van der Waals surface area contributed by atoms with Crippen molar-refractivity contribution in [1.29, 1.82) is 0 Å². The van der Waals surface area contributed by atoms with Crippen LogP contribution in [0.25, 0.3) is 0 Å². The molecule has 18 heavy (non-hydrogen) atoms. The first-order valence-electron chi connectivity index (χ1n) is 5.76. The molecule has 3 heteroatoms. The van der Waals surface area contributed by atoms with Crippen molar-refractivity contribution in [3.8, 4) is 5.75 Å². The van der Waals surface area contributed by atoms with Crippen molar-refractivity contribution >= 4 is 17.6 Å². The molecule has 2 rings (SSSR count). The molecule has 0 unspecified atom stereocenters. The number of rotatable bonds is 3. The van der Waals surface area contributed by atoms with Crippen molar-refractivity contribution in [2.24, 2.45) is 4.99 Å². The van der Waals surface area contributed by atoms with Crippen LogP contribution in [-0.4, -0.2) is 25.4 Å². The van der Waals surface area contributed by atoms with E-state index >= 15 is 0 Å². The summed E-state index contributed by atoms with van der Waals surface area (Å²) in [5.41, 5.74) is 2.53. The number of phenolic OH excluding ortho intramolecular Hbond substituents is 1. The molecule has 2 aromatic carbocycles. The van der Waals surface area contributed by atoms with Crippen molar-refractivity contribution < 1.29 is 5.11 Å². The Morgan fingerprint density at radius 1 is 1.06 bits per heavy atom. The highest BCUT2D eigenvalue weighted by Crippen LogP contribution is 2.30. The molecule has 0 amide bonds. The average molecular weight is 240 g/mol. The van der Waals surface area contributed by atoms with Crippen LogP contribution in [0, 0.1) is 0 Å². The number of benzene rings is 2. The molecule has 0 aliphatic heterocycles. The summed E-state index contributed by atoms with van der Waals surface area (Å²) in [5.74, 6) is 0.188. The van der Waals surface area contributed by atoms with E-state index in [0.717, 1.165) is 11.3 Å². The number of aromatic hydroxyl groups is 1. The van der Waals surface area contributed by atoms with Gasteiger partial charge >= 0.3 is 0 Å². The molecule has 3 nitrogen and oxygen atoms in total. The summed E-state index contributed by atoms with van der Waals surface area (Å²) in [6, 6.07) is 15.2. The number of aliphatic imine (C=N–C) groups is 1. The zero-order valence-corrected chi connectivity index (χ0v) is 10.5. The fourth-order valence-electron chi connectivity index (χ4n) is 1.58. The first-order chi connectivity index (χ1) is 8.66. The van der Waals surface area contributed by atoms with Gasteiger partial charge in [0.15, 0.2) is 0 Å². The minimum atomic E-state index is 0.188. The molecule has 2 aromatic rings. The van der Waals surface area contributed by atoms with Crippen LogP contribution < -0.4 is 4.90 Å². The summed E-state index contributed by atoms with van der Waals surface area (Å²) < 4.78 is 0. The number of nitrogens with zero attached hydrogens (tertiary/aromatic N) is 2. The number of hydrogen-bond acceptors (Lipinski definition) is 3. The summed E-state index contributed by atoms with van der Waals surface area (Å²) in [7, 11) is 3.86. The minimum absolute atomic E-state index is 0.188. The Balaban J connectivity index is 2.22. The van der Waals surface area contributed by atoms with Gasteiger partial charge in [-0.05, 0) is 17.7 Å². The Morgan fingerprint density at radius 2 is 1.78 bits per heavy atom. The lowest BCUT2D eigenvalue weighted by molar-refractivity contribution is 0.477.